The van der Waals surface area contributed by atoms with Crippen molar-refractivity contribution in [3.05, 3.63) is 78.9 Å². The number of hydrogen-bond acceptors (Lipinski definition) is 3. The largest absolute Gasteiger partial charge is 0.487 e. The third-order valence-corrected chi connectivity index (χ3v) is 3.13. The second-order valence-corrected chi connectivity index (χ2v) is 4.93. The number of hydrogen-bond donors (Lipinski definition) is 2. The lowest BCUT2D eigenvalue weighted by Crippen LogP contribution is -2.14. The molecule has 0 fully saturated rings. The minimum absolute atomic E-state index is 0.139. The number of carbonyl (C=O) groups is 1. The van der Waals surface area contributed by atoms with Gasteiger partial charge in [0.1, 0.15) is 11.9 Å². The lowest BCUT2D eigenvalue weighted by Gasteiger charge is -2.11. The van der Waals surface area contributed by atoms with Crippen LogP contribution in [0.4, 0.5) is 0 Å². The number of amides is 1. The van der Waals surface area contributed by atoms with Crippen molar-refractivity contribution in [1.82, 2.24) is 5.48 Å². The van der Waals surface area contributed by atoms with E-state index >= 15 is 0 Å². The van der Waals surface area contributed by atoms with Gasteiger partial charge in [0.2, 0.25) is 0 Å². The molecule has 0 saturated heterocycles. The van der Waals surface area contributed by atoms with Gasteiger partial charge in [-0.2, -0.15) is 0 Å². The summed E-state index contributed by atoms with van der Waals surface area (Å²) in [5.41, 5.74) is 3.82. The van der Waals surface area contributed by atoms with Gasteiger partial charge in [-0.05, 0) is 36.3 Å². The first-order chi connectivity index (χ1) is 11.2. The molecular formula is C19H19NO3. The molecule has 0 aliphatic heterocycles. The van der Waals surface area contributed by atoms with Crippen molar-refractivity contribution < 1.29 is 14.7 Å². The molecule has 23 heavy (non-hydrogen) atoms. The number of carbonyl (C=O) groups excluding carboxylic acids is 1. The molecule has 4 heteroatoms. The Hall–Kier alpha value is -2.85. The SMILES string of the molecule is CC(/C=C/C=C/C(=O)NO)Oc1ccc(-c2ccccc2)cc1. The third kappa shape index (κ3) is 5.45. The van der Waals surface area contributed by atoms with E-state index < -0.39 is 5.91 Å². The van der Waals surface area contributed by atoms with E-state index in [1.54, 1.807) is 6.08 Å². The molecule has 1 unspecified atom stereocenters. The molecule has 0 radical (unpaired) electrons. The summed E-state index contributed by atoms with van der Waals surface area (Å²) in [6.45, 7) is 1.90. The van der Waals surface area contributed by atoms with Gasteiger partial charge >= 0.3 is 0 Å². The van der Waals surface area contributed by atoms with E-state index in [9.17, 15) is 4.79 Å². The highest BCUT2D eigenvalue weighted by Crippen LogP contribution is 2.22. The zero-order chi connectivity index (χ0) is 16.5. The fourth-order valence-corrected chi connectivity index (χ4v) is 2.01. The average molecular weight is 309 g/mol. The molecule has 0 bridgehead atoms. The predicted molar refractivity (Wildman–Crippen MR) is 90.2 cm³/mol. The van der Waals surface area contributed by atoms with Crippen LogP contribution in [-0.2, 0) is 4.79 Å². The van der Waals surface area contributed by atoms with Crippen LogP contribution in [0.25, 0.3) is 11.1 Å². The Morgan fingerprint density at radius 3 is 2.35 bits per heavy atom. The summed E-state index contributed by atoms with van der Waals surface area (Å²) in [4.78, 5) is 10.8. The quantitative estimate of drug-likeness (QED) is 0.370. The van der Waals surface area contributed by atoms with Crippen LogP contribution < -0.4 is 10.2 Å². The normalized spacial score (nSPS) is 12.4. The Balaban J connectivity index is 1.92. The molecule has 0 heterocycles. The van der Waals surface area contributed by atoms with Gasteiger partial charge in [0.15, 0.2) is 0 Å². The smallest absolute Gasteiger partial charge is 0.267 e. The summed E-state index contributed by atoms with van der Waals surface area (Å²) in [5.74, 6) is 0.207. The van der Waals surface area contributed by atoms with E-state index in [1.807, 2.05) is 55.5 Å². The van der Waals surface area contributed by atoms with Gasteiger partial charge in [-0.3, -0.25) is 10.0 Å². The summed E-state index contributed by atoms with van der Waals surface area (Å²) >= 11 is 0. The maximum atomic E-state index is 10.8. The lowest BCUT2D eigenvalue weighted by molar-refractivity contribution is -0.124. The molecule has 1 atom stereocenters. The molecule has 2 N–H and O–H groups in total. The van der Waals surface area contributed by atoms with Crippen LogP contribution in [0.3, 0.4) is 0 Å². The Labute approximate surface area is 135 Å². The molecule has 0 spiro atoms. The van der Waals surface area contributed by atoms with Gasteiger partial charge in [0, 0.05) is 6.08 Å². The first-order valence-corrected chi connectivity index (χ1v) is 7.30. The zero-order valence-electron chi connectivity index (χ0n) is 12.8. The van der Waals surface area contributed by atoms with E-state index in [-0.39, 0.29) is 6.10 Å². The Kier molecular flexibility index (Phi) is 6.15. The van der Waals surface area contributed by atoms with Crippen LogP contribution in [0, 0.1) is 0 Å². The second kappa shape index (κ2) is 8.56. The molecule has 0 aliphatic rings. The van der Waals surface area contributed by atoms with Crippen molar-refractivity contribution >= 4 is 5.91 Å². The lowest BCUT2D eigenvalue weighted by atomic mass is 10.1. The topological polar surface area (TPSA) is 58.6 Å². The molecule has 2 aromatic rings. The van der Waals surface area contributed by atoms with Crippen molar-refractivity contribution in [2.45, 2.75) is 13.0 Å². The molecule has 0 saturated carbocycles. The summed E-state index contributed by atoms with van der Waals surface area (Å²) in [6.07, 6.45) is 6.12. The minimum Gasteiger partial charge on any atom is -0.487 e. The summed E-state index contributed by atoms with van der Waals surface area (Å²) < 4.78 is 5.77. The van der Waals surface area contributed by atoms with Gasteiger partial charge in [-0.25, -0.2) is 5.48 Å². The van der Waals surface area contributed by atoms with Gasteiger partial charge in [0.05, 0.1) is 0 Å². The summed E-state index contributed by atoms with van der Waals surface area (Å²) in [7, 11) is 0. The van der Waals surface area contributed by atoms with Crippen molar-refractivity contribution in [2.75, 3.05) is 0 Å². The molecule has 118 valence electrons. The van der Waals surface area contributed by atoms with E-state index in [2.05, 4.69) is 12.1 Å². The highest BCUT2D eigenvalue weighted by molar-refractivity contribution is 5.86. The van der Waals surface area contributed by atoms with Crippen molar-refractivity contribution in [2.24, 2.45) is 0 Å². The van der Waals surface area contributed by atoms with E-state index in [0.29, 0.717) is 0 Å². The minimum atomic E-state index is -0.570. The van der Waals surface area contributed by atoms with Crippen LogP contribution in [0.2, 0.25) is 0 Å². The van der Waals surface area contributed by atoms with Crippen molar-refractivity contribution in [3.63, 3.8) is 0 Å². The number of nitrogens with one attached hydrogen (secondary N) is 1. The Morgan fingerprint density at radius 2 is 1.70 bits per heavy atom. The molecular weight excluding hydrogens is 290 g/mol. The highest BCUT2D eigenvalue weighted by Gasteiger charge is 2.01. The van der Waals surface area contributed by atoms with Crippen LogP contribution in [0.15, 0.2) is 78.9 Å². The van der Waals surface area contributed by atoms with E-state index in [4.69, 9.17) is 9.94 Å². The van der Waals surface area contributed by atoms with Crippen LogP contribution >= 0.6 is 0 Å². The highest BCUT2D eigenvalue weighted by atomic mass is 16.5. The number of allylic oxidation sites excluding steroid dienone is 2. The Bertz CT molecular complexity index is 676. The van der Waals surface area contributed by atoms with Gasteiger partial charge in [-0.1, -0.05) is 54.6 Å². The first kappa shape index (κ1) is 16.5. The van der Waals surface area contributed by atoms with Crippen LogP contribution in [0.5, 0.6) is 5.75 Å². The second-order valence-electron chi connectivity index (χ2n) is 4.93. The third-order valence-electron chi connectivity index (χ3n) is 3.13. The maximum absolute atomic E-state index is 10.8. The number of rotatable bonds is 6. The Morgan fingerprint density at radius 1 is 1.04 bits per heavy atom. The van der Waals surface area contributed by atoms with Crippen molar-refractivity contribution in [1.29, 1.82) is 0 Å². The fraction of sp³-hybridized carbons (Fsp3) is 0.105. The fourth-order valence-electron chi connectivity index (χ4n) is 2.01. The summed E-state index contributed by atoms with van der Waals surface area (Å²) in [6, 6.07) is 18.1. The maximum Gasteiger partial charge on any atom is 0.267 e. The molecule has 0 aliphatic carbocycles. The van der Waals surface area contributed by atoms with Crippen LogP contribution in [-0.4, -0.2) is 17.2 Å². The molecule has 0 aromatic heterocycles. The molecule has 4 nitrogen and oxygen atoms in total. The molecule has 2 rings (SSSR count). The van der Waals surface area contributed by atoms with E-state index in [1.165, 1.54) is 23.2 Å². The first-order valence-electron chi connectivity index (χ1n) is 7.30. The van der Waals surface area contributed by atoms with Crippen LogP contribution in [0.1, 0.15) is 6.92 Å². The zero-order valence-corrected chi connectivity index (χ0v) is 12.8. The molecule has 2 aromatic carbocycles. The monoisotopic (exact) mass is 309 g/mol. The van der Waals surface area contributed by atoms with E-state index in [0.717, 1.165) is 11.3 Å². The van der Waals surface area contributed by atoms with Crippen molar-refractivity contribution in [3.8, 4) is 16.9 Å². The van der Waals surface area contributed by atoms with Gasteiger partial charge in [0.25, 0.3) is 5.91 Å². The van der Waals surface area contributed by atoms with Gasteiger partial charge in [-0.15, -0.1) is 0 Å². The number of hydroxylamine groups is 1. The standard InChI is InChI=1S/C19H19NO3/c1-15(7-5-6-10-19(21)20-22)23-18-13-11-17(12-14-18)16-8-3-2-4-9-16/h2-15,22H,1H3,(H,20,21)/b7-5+,10-6+. The average Bonchev–Trinajstić information content (AvgIpc) is 2.60. The predicted octanol–water partition coefficient (Wildman–Crippen LogP) is 3.74. The number of benzene rings is 2. The van der Waals surface area contributed by atoms with Gasteiger partial charge < -0.3 is 4.74 Å². The number of ether oxygens (including phenoxy) is 1. The summed E-state index contributed by atoms with van der Waals surface area (Å²) in [5, 5.41) is 8.34. The molecule has 1 amide bonds.